The van der Waals surface area contributed by atoms with Crippen molar-refractivity contribution in [2.45, 2.75) is 45.3 Å². The predicted molar refractivity (Wildman–Crippen MR) is 156 cm³/mol. The average molecular weight is 627 g/mol. The van der Waals surface area contributed by atoms with E-state index >= 15 is 0 Å². The van der Waals surface area contributed by atoms with Crippen molar-refractivity contribution in [3.05, 3.63) is 83.7 Å². The largest absolute Gasteiger partial charge is 0.463 e. The molecule has 44 heavy (non-hydrogen) atoms. The highest BCUT2D eigenvalue weighted by atomic mass is 35.5. The number of alkyl halides is 2. The number of aliphatic hydroxyl groups is 1. The molecule has 5 rings (SSSR count). The number of carbonyl (C=O) groups is 2. The van der Waals surface area contributed by atoms with Crippen LogP contribution in [0.15, 0.2) is 72.5 Å². The third-order valence-corrected chi connectivity index (χ3v) is 7.47. The van der Waals surface area contributed by atoms with Gasteiger partial charge in [0.15, 0.2) is 0 Å². The van der Waals surface area contributed by atoms with Gasteiger partial charge in [-0.3, -0.25) is 9.69 Å². The van der Waals surface area contributed by atoms with Gasteiger partial charge in [0, 0.05) is 11.8 Å². The summed E-state index contributed by atoms with van der Waals surface area (Å²) in [5, 5.41) is 31.5. The normalized spacial score (nSPS) is 18.7. The summed E-state index contributed by atoms with van der Waals surface area (Å²) in [6.07, 6.45) is 3.97. The lowest BCUT2D eigenvalue weighted by molar-refractivity contribution is -0.134. The van der Waals surface area contributed by atoms with Crippen LogP contribution in [0.25, 0.3) is 16.8 Å². The Balaban J connectivity index is 1.61. The number of aliphatic hydroxyl groups excluding tert-OH is 1. The minimum atomic E-state index is -2.79. The van der Waals surface area contributed by atoms with E-state index in [1.165, 1.54) is 29.7 Å². The van der Waals surface area contributed by atoms with Gasteiger partial charge in [0.1, 0.15) is 18.2 Å². The fourth-order valence-electron chi connectivity index (χ4n) is 5.40. The van der Waals surface area contributed by atoms with Gasteiger partial charge in [-0.25, -0.2) is 19.1 Å². The van der Waals surface area contributed by atoms with Crippen molar-refractivity contribution in [1.82, 2.24) is 34.8 Å². The number of amides is 2. The first-order chi connectivity index (χ1) is 20.8. The zero-order valence-electron chi connectivity index (χ0n) is 23.9. The van der Waals surface area contributed by atoms with E-state index in [2.05, 4.69) is 25.5 Å². The van der Waals surface area contributed by atoms with Gasteiger partial charge >= 0.3 is 12.6 Å². The second kappa shape index (κ2) is 11.8. The SMILES string of the molecule is CC(C)(C)C[C@]1(c2ccc(-c3cnn(C(F)F)c3)cc2)NC(=NC(=O)O)N(C(CO)c2ccc(Cl)c(-n3cncn3)c2)C1=O. The molecule has 1 unspecified atom stereocenters. The van der Waals surface area contributed by atoms with Gasteiger partial charge in [0.2, 0.25) is 5.96 Å². The first-order valence-electron chi connectivity index (χ1n) is 13.4. The summed E-state index contributed by atoms with van der Waals surface area (Å²) in [4.78, 5) is 35.3. The Kier molecular flexibility index (Phi) is 8.23. The van der Waals surface area contributed by atoms with Crippen molar-refractivity contribution in [2.24, 2.45) is 10.4 Å². The minimum absolute atomic E-state index is 0.208. The molecule has 0 saturated carbocycles. The molecule has 2 aromatic heterocycles. The van der Waals surface area contributed by atoms with Crippen LogP contribution in [0, 0.1) is 5.41 Å². The Morgan fingerprint density at radius 1 is 1.14 bits per heavy atom. The molecule has 2 amide bonds. The maximum atomic E-state index is 14.6. The standard InChI is InChI=1S/C29H29ClF2N8O4/c1-28(2,3)14-29(20-7-4-17(5-8-20)19-11-34-38(12-19)25(31)32)24(42)40(26(37-29)36-27(43)44)23(13-41)18-6-9-21(30)22(10-18)39-16-33-15-35-39/h4-12,15-16,23,25,41H,13-14H2,1-3H3,(H,36,37)(H,43,44)/t23?,29-/m1/s1. The Bertz CT molecular complexity index is 1700. The monoisotopic (exact) mass is 626 g/mol. The van der Waals surface area contributed by atoms with Gasteiger partial charge in [0.25, 0.3) is 5.91 Å². The van der Waals surface area contributed by atoms with E-state index in [4.69, 9.17) is 11.6 Å². The molecule has 12 nitrogen and oxygen atoms in total. The lowest BCUT2D eigenvalue weighted by atomic mass is 9.75. The molecule has 1 fully saturated rings. The van der Waals surface area contributed by atoms with E-state index in [1.54, 1.807) is 42.5 Å². The van der Waals surface area contributed by atoms with Crippen molar-refractivity contribution >= 4 is 29.6 Å². The number of rotatable bonds is 8. The van der Waals surface area contributed by atoms with Crippen molar-refractivity contribution in [3.8, 4) is 16.8 Å². The van der Waals surface area contributed by atoms with E-state index in [1.807, 2.05) is 20.8 Å². The number of carboxylic acid groups (broad SMARTS) is 1. The number of hydrogen-bond donors (Lipinski definition) is 3. The van der Waals surface area contributed by atoms with Crippen molar-refractivity contribution in [2.75, 3.05) is 6.61 Å². The van der Waals surface area contributed by atoms with Gasteiger partial charge in [-0.05, 0) is 40.7 Å². The highest BCUT2D eigenvalue weighted by molar-refractivity contribution is 6.32. The van der Waals surface area contributed by atoms with Crippen LogP contribution in [0.3, 0.4) is 0 Å². The third-order valence-electron chi connectivity index (χ3n) is 7.15. The molecular weight excluding hydrogens is 598 g/mol. The summed E-state index contributed by atoms with van der Waals surface area (Å²) >= 11 is 6.41. The first-order valence-corrected chi connectivity index (χ1v) is 13.8. The average Bonchev–Trinajstić information content (AvgIpc) is 3.72. The molecule has 1 saturated heterocycles. The third kappa shape index (κ3) is 5.90. The summed E-state index contributed by atoms with van der Waals surface area (Å²) in [7, 11) is 0. The van der Waals surface area contributed by atoms with Crippen molar-refractivity contribution in [3.63, 3.8) is 0 Å². The number of nitrogens with zero attached hydrogens (tertiary/aromatic N) is 7. The second-order valence-electron chi connectivity index (χ2n) is 11.5. The number of halogens is 3. The zero-order chi connectivity index (χ0) is 31.8. The van der Waals surface area contributed by atoms with Crippen molar-refractivity contribution in [1.29, 1.82) is 0 Å². The van der Waals surface area contributed by atoms with Crippen LogP contribution in [-0.2, 0) is 10.3 Å². The van der Waals surface area contributed by atoms with Crippen LogP contribution in [0.2, 0.25) is 5.02 Å². The molecule has 1 aliphatic heterocycles. The number of nitrogens with one attached hydrogen (secondary N) is 1. The number of aromatic nitrogens is 5. The van der Waals surface area contributed by atoms with Crippen LogP contribution in [0.5, 0.6) is 0 Å². The predicted octanol–water partition coefficient (Wildman–Crippen LogP) is 5.01. The first kappa shape index (κ1) is 30.8. The topological polar surface area (TPSA) is 151 Å². The maximum Gasteiger partial charge on any atom is 0.434 e. The molecular formula is C29H29ClF2N8O4. The molecule has 2 aromatic carbocycles. The highest BCUT2D eigenvalue weighted by Crippen LogP contribution is 2.43. The van der Waals surface area contributed by atoms with Crippen LogP contribution in [0.1, 0.15) is 50.9 Å². The Morgan fingerprint density at radius 3 is 2.43 bits per heavy atom. The van der Waals surface area contributed by atoms with E-state index in [0.717, 1.165) is 4.90 Å². The van der Waals surface area contributed by atoms with E-state index in [9.17, 15) is 28.6 Å². The molecule has 3 N–H and O–H groups in total. The van der Waals surface area contributed by atoms with Gasteiger partial charge in [-0.15, -0.1) is 4.99 Å². The summed E-state index contributed by atoms with van der Waals surface area (Å²) in [6.45, 7) is 2.43. The molecule has 1 aliphatic rings. The van der Waals surface area contributed by atoms with Crippen LogP contribution in [0.4, 0.5) is 13.6 Å². The molecule has 230 valence electrons. The number of guanidine groups is 1. The van der Waals surface area contributed by atoms with Gasteiger partial charge < -0.3 is 15.5 Å². The Hall–Kier alpha value is -4.69. The zero-order valence-corrected chi connectivity index (χ0v) is 24.7. The van der Waals surface area contributed by atoms with E-state index < -0.39 is 42.2 Å². The second-order valence-corrected chi connectivity index (χ2v) is 11.9. The fraction of sp³-hybridized carbons (Fsp3) is 0.310. The van der Waals surface area contributed by atoms with E-state index in [-0.39, 0.29) is 12.4 Å². The van der Waals surface area contributed by atoms with Gasteiger partial charge in [0.05, 0.1) is 29.6 Å². The van der Waals surface area contributed by atoms with Crippen molar-refractivity contribution < 1.29 is 28.6 Å². The van der Waals surface area contributed by atoms with Crippen LogP contribution in [-0.4, -0.2) is 64.2 Å². The lowest BCUT2D eigenvalue weighted by Crippen LogP contribution is -2.47. The lowest BCUT2D eigenvalue weighted by Gasteiger charge is -2.35. The Labute approximate surface area is 255 Å². The fourth-order valence-corrected chi connectivity index (χ4v) is 5.61. The summed E-state index contributed by atoms with van der Waals surface area (Å²) in [6, 6.07) is 10.5. The molecule has 4 aromatic rings. The van der Waals surface area contributed by atoms with Crippen LogP contribution >= 0.6 is 11.6 Å². The van der Waals surface area contributed by atoms with Crippen LogP contribution < -0.4 is 5.32 Å². The quantitative estimate of drug-likeness (QED) is 0.247. The Morgan fingerprint density at radius 2 is 1.86 bits per heavy atom. The molecule has 3 heterocycles. The number of hydrogen-bond acceptors (Lipinski definition) is 6. The molecule has 0 aliphatic carbocycles. The summed E-state index contributed by atoms with van der Waals surface area (Å²) in [5.41, 5.74) is 0.444. The maximum absolute atomic E-state index is 14.6. The number of benzene rings is 2. The molecule has 0 spiro atoms. The summed E-state index contributed by atoms with van der Waals surface area (Å²) < 4.78 is 28.1. The van der Waals surface area contributed by atoms with Gasteiger partial charge in [-0.1, -0.05) is 62.7 Å². The molecule has 0 radical (unpaired) electrons. The molecule has 0 bridgehead atoms. The minimum Gasteiger partial charge on any atom is -0.463 e. The van der Waals surface area contributed by atoms with E-state index in [0.29, 0.717) is 37.6 Å². The smallest absolute Gasteiger partial charge is 0.434 e. The van der Waals surface area contributed by atoms with Gasteiger partial charge in [-0.2, -0.15) is 19.0 Å². The number of aliphatic imine (C=N–C) groups is 1. The number of carbonyl (C=O) groups excluding carboxylic acids is 1. The highest BCUT2D eigenvalue weighted by Gasteiger charge is 2.55. The molecule has 2 atom stereocenters. The summed E-state index contributed by atoms with van der Waals surface area (Å²) in [5.74, 6) is -0.799. The molecule has 15 heteroatoms.